The number of hydrogen-bond acceptors (Lipinski definition) is 5. The lowest BCUT2D eigenvalue weighted by atomic mass is 10.1. The van der Waals surface area contributed by atoms with Gasteiger partial charge in [-0.05, 0) is 49.7 Å². The first kappa shape index (κ1) is 24.4. The Balaban J connectivity index is 1.62. The van der Waals surface area contributed by atoms with Gasteiger partial charge in [0.2, 0.25) is 10.0 Å². The van der Waals surface area contributed by atoms with Crippen molar-refractivity contribution in [2.24, 2.45) is 0 Å². The molecular weight excluding hydrogens is 464 g/mol. The summed E-state index contributed by atoms with van der Waals surface area (Å²) in [5.41, 5.74) is 1.76. The molecule has 0 fully saturated rings. The summed E-state index contributed by atoms with van der Waals surface area (Å²) >= 11 is 6.20. The highest BCUT2D eigenvalue weighted by atomic mass is 35.5. The van der Waals surface area contributed by atoms with Crippen molar-refractivity contribution >= 4 is 39.0 Å². The fraction of sp³-hybridized carbons (Fsp3) is 0.167. The van der Waals surface area contributed by atoms with Crippen LogP contribution in [0, 0.1) is 0 Å². The van der Waals surface area contributed by atoms with Crippen LogP contribution in [0.15, 0.2) is 77.7 Å². The first-order valence-electron chi connectivity index (χ1n) is 10.1. The molecule has 0 bridgehead atoms. The van der Waals surface area contributed by atoms with Crippen LogP contribution in [0.5, 0.6) is 5.75 Å². The number of halogens is 1. The van der Waals surface area contributed by atoms with E-state index in [2.05, 4.69) is 10.0 Å². The molecule has 0 saturated carbocycles. The third kappa shape index (κ3) is 6.64. The number of ether oxygens (including phenoxy) is 1. The molecule has 9 heteroatoms. The van der Waals surface area contributed by atoms with E-state index in [1.54, 1.807) is 31.2 Å². The highest BCUT2D eigenvalue weighted by molar-refractivity contribution is 7.89. The van der Waals surface area contributed by atoms with Crippen molar-refractivity contribution in [3.8, 4) is 5.75 Å². The third-order valence-corrected chi connectivity index (χ3v) is 6.59. The van der Waals surface area contributed by atoms with Crippen LogP contribution in [0.3, 0.4) is 0 Å². The van der Waals surface area contributed by atoms with Crippen LogP contribution < -0.4 is 14.8 Å². The molecule has 172 valence electrons. The van der Waals surface area contributed by atoms with Gasteiger partial charge in [0, 0.05) is 17.3 Å². The van der Waals surface area contributed by atoms with E-state index in [0.717, 1.165) is 5.56 Å². The van der Waals surface area contributed by atoms with E-state index in [1.807, 2.05) is 30.3 Å². The lowest BCUT2D eigenvalue weighted by Crippen LogP contribution is -2.27. The Labute approximate surface area is 197 Å². The van der Waals surface area contributed by atoms with Crippen molar-refractivity contribution < 1.29 is 22.7 Å². The lowest BCUT2D eigenvalue weighted by molar-refractivity contribution is -0.118. The van der Waals surface area contributed by atoms with Crippen molar-refractivity contribution in [3.05, 3.63) is 88.9 Å². The van der Waals surface area contributed by atoms with Crippen molar-refractivity contribution in [2.75, 3.05) is 11.9 Å². The number of amides is 1. The van der Waals surface area contributed by atoms with E-state index < -0.39 is 22.0 Å². The minimum atomic E-state index is -3.83. The third-order valence-electron chi connectivity index (χ3n) is 4.76. The van der Waals surface area contributed by atoms with Gasteiger partial charge < -0.3 is 10.1 Å². The molecule has 3 aromatic carbocycles. The topological polar surface area (TPSA) is 102 Å². The number of Topliss-reactive ketones (excluding diaryl/α,β-unsaturated/α-hetero) is 1. The predicted molar refractivity (Wildman–Crippen MR) is 127 cm³/mol. The second kappa shape index (κ2) is 10.6. The molecule has 0 aliphatic rings. The fourth-order valence-electron chi connectivity index (χ4n) is 3.03. The zero-order valence-corrected chi connectivity index (χ0v) is 19.6. The number of carbonyl (C=O) groups excluding carboxylic acids is 2. The minimum Gasteiger partial charge on any atom is -0.482 e. The average Bonchev–Trinajstić information content (AvgIpc) is 2.78. The summed E-state index contributed by atoms with van der Waals surface area (Å²) in [7, 11) is -3.83. The molecule has 1 unspecified atom stereocenters. The summed E-state index contributed by atoms with van der Waals surface area (Å²) in [6, 6.07) is 19.3. The highest BCUT2D eigenvalue weighted by Gasteiger charge is 2.20. The van der Waals surface area contributed by atoms with Gasteiger partial charge in [-0.3, -0.25) is 9.59 Å². The van der Waals surface area contributed by atoms with Crippen LogP contribution in [-0.2, 0) is 14.8 Å². The van der Waals surface area contributed by atoms with Crippen LogP contribution in [-0.4, -0.2) is 26.7 Å². The first-order valence-corrected chi connectivity index (χ1v) is 11.9. The maximum atomic E-state index is 12.7. The Morgan fingerprint density at radius 1 is 1.00 bits per heavy atom. The number of ketones is 1. The molecule has 0 aliphatic heterocycles. The van der Waals surface area contributed by atoms with E-state index in [-0.39, 0.29) is 28.1 Å². The molecule has 0 aromatic heterocycles. The first-order chi connectivity index (χ1) is 15.7. The highest BCUT2D eigenvalue weighted by Crippen LogP contribution is 2.28. The lowest BCUT2D eigenvalue weighted by Gasteiger charge is -2.15. The molecule has 0 spiro atoms. The minimum absolute atomic E-state index is 0.0202. The monoisotopic (exact) mass is 486 g/mol. The predicted octanol–water partition coefficient (Wildman–Crippen LogP) is 4.60. The van der Waals surface area contributed by atoms with Crippen molar-refractivity contribution in [2.45, 2.75) is 24.8 Å². The standard InChI is InChI=1S/C24H23ClN2O5S/c1-16(18-7-4-3-5-8-18)27-33(30,31)21-11-12-23(22(25)14-21)32-15-24(29)26-20-10-6-9-19(13-20)17(2)28/h3-14,16,27H,15H2,1-2H3,(H,26,29). The molecule has 7 nitrogen and oxygen atoms in total. The summed E-state index contributed by atoms with van der Waals surface area (Å²) in [6.07, 6.45) is 0. The van der Waals surface area contributed by atoms with Crippen molar-refractivity contribution in [1.82, 2.24) is 4.72 Å². The molecule has 0 aliphatic carbocycles. The number of anilines is 1. The Morgan fingerprint density at radius 2 is 1.73 bits per heavy atom. The number of sulfonamides is 1. The largest absolute Gasteiger partial charge is 0.482 e. The van der Waals surface area contributed by atoms with Gasteiger partial charge >= 0.3 is 0 Å². The summed E-state index contributed by atoms with van der Waals surface area (Å²) < 4.78 is 33.5. The van der Waals surface area contributed by atoms with E-state index in [4.69, 9.17) is 16.3 Å². The zero-order chi connectivity index (χ0) is 24.0. The van der Waals surface area contributed by atoms with Gasteiger partial charge in [0.1, 0.15) is 5.75 Å². The smallest absolute Gasteiger partial charge is 0.262 e. The van der Waals surface area contributed by atoms with Gasteiger partial charge in [-0.25, -0.2) is 13.1 Å². The molecule has 1 amide bonds. The Hall–Kier alpha value is -3.20. The molecule has 0 heterocycles. The number of benzene rings is 3. The summed E-state index contributed by atoms with van der Waals surface area (Å²) in [4.78, 5) is 23.6. The molecule has 2 N–H and O–H groups in total. The van der Waals surface area contributed by atoms with Gasteiger partial charge in [0.05, 0.1) is 9.92 Å². The zero-order valence-electron chi connectivity index (χ0n) is 18.0. The molecule has 1 atom stereocenters. The van der Waals surface area contributed by atoms with Crippen molar-refractivity contribution in [1.29, 1.82) is 0 Å². The summed E-state index contributed by atoms with van der Waals surface area (Å²) in [5, 5.41) is 2.69. The molecule has 3 aromatic rings. The van der Waals surface area contributed by atoms with E-state index in [9.17, 15) is 18.0 Å². The number of hydrogen-bond donors (Lipinski definition) is 2. The van der Waals surface area contributed by atoms with Gasteiger partial charge in [-0.1, -0.05) is 54.1 Å². The van der Waals surface area contributed by atoms with Gasteiger partial charge in [-0.15, -0.1) is 0 Å². The van der Waals surface area contributed by atoms with E-state index in [1.165, 1.54) is 25.1 Å². The fourth-order valence-corrected chi connectivity index (χ4v) is 4.59. The Kier molecular flexibility index (Phi) is 7.86. The van der Waals surface area contributed by atoms with E-state index >= 15 is 0 Å². The van der Waals surface area contributed by atoms with E-state index in [0.29, 0.717) is 11.3 Å². The van der Waals surface area contributed by atoms with Crippen LogP contribution in [0.25, 0.3) is 0 Å². The van der Waals surface area contributed by atoms with Crippen LogP contribution in [0.2, 0.25) is 5.02 Å². The van der Waals surface area contributed by atoms with Crippen molar-refractivity contribution in [3.63, 3.8) is 0 Å². The molecule has 0 radical (unpaired) electrons. The summed E-state index contributed by atoms with van der Waals surface area (Å²) in [6.45, 7) is 2.84. The second-order valence-electron chi connectivity index (χ2n) is 7.32. The van der Waals surface area contributed by atoms with Crippen LogP contribution in [0.4, 0.5) is 5.69 Å². The van der Waals surface area contributed by atoms with Gasteiger partial charge in [-0.2, -0.15) is 0 Å². The van der Waals surface area contributed by atoms with Crippen LogP contribution >= 0.6 is 11.6 Å². The quantitative estimate of drug-likeness (QED) is 0.430. The molecular formula is C24H23ClN2O5S. The molecule has 33 heavy (non-hydrogen) atoms. The van der Waals surface area contributed by atoms with Crippen LogP contribution in [0.1, 0.15) is 35.8 Å². The van der Waals surface area contributed by atoms with Gasteiger partial charge in [0.15, 0.2) is 12.4 Å². The van der Waals surface area contributed by atoms with Gasteiger partial charge in [0.25, 0.3) is 5.91 Å². The maximum Gasteiger partial charge on any atom is 0.262 e. The Morgan fingerprint density at radius 3 is 2.39 bits per heavy atom. The molecule has 3 rings (SSSR count). The number of carbonyl (C=O) groups is 2. The SMILES string of the molecule is CC(=O)c1cccc(NC(=O)COc2ccc(S(=O)(=O)NC(C)c3ccccc3)cc2Cl)c1. The normalized spacial score (nSPS) is 12.1. The molecule has 0 saturated heterocycles. The average molecular weight is 487 g/mol. The number of rotatable bonds is 9. The Bertz CT molecular complexity index is 1260. The number of nitrogens with one attached hydrogen (secondary N) is 2. The summed E-state index contributed by atoms with van der Waals surface area (Å²) in [5.74, 6) is -0.405. The second-order valence-corrected chi connectivity index (χ2v) is 9.44. The maximum absolute atomic E-state index is 12.7.